The summed E-state index contributed by atoms with van der Waals surface area (Å²) in [6.45, 7) is 0.799. The topological polar surface area (TPSA) is 337 Å². The number of fused-ring (bicyclic) bond motifs is 8. The van der Waals surface area contributed by atoms with Crippen molar-refractivity contribution in [3.63, 3.8) is 0 Å². The van der Waals surface area contributed by atoms with Gasteiger partial charge in [-0.3, -0.25) is 48.5 Å². The van der Waals surface area contributed by atoms with Gasteiger partial charge in [-0.1, -0.05) is 97.1 Å². The summed E-state index contributed by atoms with van der Waals surface area (Å²) >= 11 is 0. The Morgan fingerprint density at radius 2 is 0.680 bits per heavy atom. The number of epoxide rings is 2. The van der Waals surface area contributed by atoms with Crippen LogP contribution < -0.4 is 48.5 Å². The SMILES string of the molecule is COc1cccc(Oc2cc3c4c(cc(Oc5cccc(OC)c5)c5c6c(Oc7cccc(OC)c7)cc7c8c(cc(Oc9cccc(OC)c9)c(c2c45)c86)C(=O)N(C(Cc2cccc4c2oc2ccccc24)C(=O)Nc2cncc(C(=O)OCC4CO4)c2)C7=O)C(=O)N(C(Cc2cccc4c2oc2ccccc24)C(=O)Nc2cncc(C(=O)OCC4CO4)c2)C3=O)c1. The molecule has 0 radical (unpaired) electrons. The van der Waals surface area contributed by atoms with Crippen molar-refractivity contribution in [3.8, 4) is 69.0 Å². The summed E-state index contributed by atoms with van der Waals surface area (Å²) in [7, 11) is 5.91. The predicted octanol–water partition coefficient (Wildman–Crippen LogP) is 18.3. The summed E-state index contributed by atoms with van der Waals surface area (Å²) in [5, 5.41) is 9.20. The number of hydrogen-bond donors (Lipinski definition) is 2. The first-order valence-corrected chi connectivity index (χ1v) is 40.8. The largest absolute Gasteiger partial charge is 0.497 e. The second kappa shape index (κ2) is 32.0. The van der Waals surface area contributed by atoms with Crippen molar-refractivity contribution in [1.82, 2.24) is 19.8 Å². The van der Waals surface area contributed by atoms with E-state index in [2.05, 4.69) is 20.6 Å². The Kier molecular flexibility index (Phi) is 19.7. The van der Waals surface area contributed by atoms with Gasteiger partial charge in [0.05, 0.1) is 98.8 Å². The minimum atomic E-state index is -1.79. The molecule has 2 fully saturated rings. The Bertz CT molecular complexity index is 6890. The van der Waals surface area contributed by atoms with Gasteiger partial charge in [0.15, 0.2) is 0 Å². The van der Waals surface area contributed by atoms with Gasteiger partial charge in [-0.2, -0.15) is 0 Å². The number of rotatable bonds is 28. The van der Waals surface area contributed by atoms with Crippen molar-refractivity contribution in [3.05, 3.63) is 288 Å². The van der Waals surface area contributed by atoms with Gasteiger partial charge in [0.1, 0.15) is 129 Å². The molecule has 28 heteroatoms. The van der Waals surface area contributed by atoms with Crippen LogP contribution in [0.5, 0.6) is 69.0 Å². The second-order valence-corrected chi connectivity index (χ2v) is 31.0. The van der Waals surface area contributed by atoms with Gasteiger partial charge in [-0.15, -0.1) is 0 Å². The van der Waals surface area contributed by atoms with Crippen LogP contribution in [0.4, 0.5) is 11.4 Å². The fraction of sp³-hybridized carbons (Fsp3) is 0.140. The lowest BCUT2D eigenvalue weighted by atomic mass is 9.80. The van der Waals surface area contributed by atoms with Crippen LogP contribution in [-0.2, 0) is 41.4 Å². The van der Waals surface area contributed by atoms with Gasteiger partial charge in [0.2, 0.25) is 11.8 Å². The zero-order chi connectivity index (χ0) is 87.3. The van der Waals surface area contributed by atoms with E-state index in [0.29, 0.717) is 80.4 Å². The van der Waals surface area contributed by atoms with E-state index in [1.807, 2.05) is 48.5 Å². The number of nitrogens with zero attached hydrogens (tertiary/aromatic N) is 4. The zero-order valence-electron chi connectivity index (χ0n) is 68.4. The standard InChI is InChI=1S/C100H70N6O22/c1-115-57-17-11-21-61(35-57)123-79-39-71-83-72(96(110)105(95(71)109)75(33-51-15-9-27-69-67-25-5-7-29-77(67)127-91(51)69)93(107)103-55-31-53(43-101-45-55)99(113)121-49-65-47-119-65)41-81(125-63-23-13-19-59(37-63)117-3)87-88-82(126-64-24-14-20-60(38-64)118-4)42-74-84-73(40-80(86(90(84)88)85(79)89(83)87)124-62-22-12-18-58(36-62)116-2)97(111)106(98(74)112)76(34-52-16-10-28-70-68-26-6-8-30-78(68)128-92(52)70)94(108)104-56-32-54(44-102-46-56)100(114)122-50-66-48-120-66/h5-32,35-46,65-66,75-76H,33-34,47-50H2,1-4H3,(H,103,107)(H,104,108). The molecule has 128 heavy (non-hydrogen) atoms. The highest BCUT2D eigenvalue weighted by atomic mass is 16.6. The molecule has 2 N–H and O–H groups in total. The Balaban J connectivity index is 0.835. The van der Waals surface area contributed by atoms with Crippen LogP contribution in [0.1, 0.15) is 73.3 Å². The van der Waals surface area contributed by atoms with Gasteiger partial charge < -0.3 is 76.3 Å². The second-order valence-electron chi connectivity index (χ2n) is 31.0. The molecule has 17 aromatic rings. The molecule has 0 aliphatic carbocycles. The average Bonchev–Trinajstić information content (AvgIpc) is 0.719. The number of carbonyl (C=O) groups excluding carboxylic acids is 8. The van der Waals surface area contributed by atoms with Crippen LogP contribution >= 0.6 is 0 Å². The third-order valence-electron chi connectivity index (χ3n) is 23.2. The molecule has 632 valence electrons. The van der Waals surface area contributed by atoms with Crippen molar-refractivity contribution in [2.45, 2.75) is 37.1 Å². The number of imide groups is 2. The Morgan fingerprint density at radius 1 is 0.367 bits per heavy atom. The molecule has 4 aliphatic rings. The van der Waals surface area contributed by atoms with Gasteiger partial charge in [0, 0.05) is 114 Å². The van der Waals surface area contributed by atoms with Crippen LogP contribution in [0.25, 0.3) is 87.0 Å². The number of benzene rings is 13. The molecular weight excluding hydrogens is 1640 g/mol. The summed E-state index contributed by atoms with van der Waals surface area (Å²) in [6.07, 6.45) is 3.89. The first kappa shape index (κ1) is 78.8. The van der Waals surface area contributed by atoms with Crippen LogP contribution in [0.15, 0.2) is 252 Å². The number of furan rings is 2. The van der Waals surface area contributed by atoms with Crippen LogP contribution in [-0.4, -0.2) is 146 Å². The third kappa shape index (κ3) is 14.2. The Hall–Kier alpha value is -16.5. The molecular formula is C100H70N6O22. The molecule has 8 heterocycles. The number of anilines is 2. The van der Waals surface area contributed by atoms with E-state index in [1.54, 1.807) is 133 Å². The minimum Gasteiger partial charge on any atom is -0.497 e. The van der Waals surface area contributed by atoms with Crippen LogP contribution in [0.2, 0.25) is 0 Å². The molecule has 4 aliphatic heterocycles. The van der Waals surface area contributed by atoms with Crippen LogP contribution in [0, 0.1) is 0 Å². The normalized spacial score (nSPS) is 15.0. The highest BCUT2D eigenvalue weighted by Crippen LogP contribution is 2.59. The quantitative estimate of drug-likeness (QED) is 0.0151. The number of pyridine rings is 2. The lowest BCUT2D eigenvalue weighted by molar-refractivity contribution is -0.120. The molecule has 6 amide bonds. The van der Waals surface area contributed by atoms with E-state index in [1.165, 1.54) is 89.6 Å². The van der Waals surface area contributed by atoms with Gasteiger partial charge in [0.25, 0.3) is 23.6 Å². The first-order valence-electron chi connectivity index (χ1n) is 40.8. The molecule has 4 unspecified atom stereocenters. The van der Waals surface area contributed by atoms with E-state index >= 15 is 28.8 Å². The molecule has 21 rings (SSSR count). The number of esters is 2. The molecule has 0 bridgehead atoms. The smallest absolute Gasteiger partial charge is 0.339 e. The molecule has 2 saturated heterocycles. The average molecular weight is 1710 g/mol. The van der Waals surface area contributed by atoms with E-state index < -0.39 is 59.5 Å². The van der Waals surface area contributed by atoms with E-state index in [-0.39, 0.29) is 172 Å². The molecule has 0 spiro atoms. The number of aromatic nitrogens is 2. The fourth-order valence-corrected chi connectivity index (χ4v) is 17.1. The number of hydrogen-bond acceptors (Lipinski definition) is 24. The number of amides is 6. The van der Waals surface area contributed by atoms with Crippen molar-refractivity contribution in [2.24, 2.45) is 0 Å². The van der Waals surface area contributed by atoms with Crippen molar-refractivity contribution in [1.29, 1.82) is 0 Å². The number of ether oxygens (including phenoxy) is 12. The summed E-state index contributed by atoms with van der Waals surface area (Å²) in [6, 6.07) is 57.1. The summed E-state index contributed by atoms with van der Waals surface area (Å²) in [4.78, 5) is 139. The molecule has 28 nitrogen and oxygen atoms in total. The summed E-state index contributed by atoms with van der Waals surface area (Å²) < 4.78 is 87.5. The van der Waals surface area contributed by atoms with Gasteiger partial charge in [-0.25, -0.2) is 9.59 Å². The molecule has 13 aromatic carbocycles. The van der Waals surface area contributed by atoms with Crippen molar-refractivity contribution < 1.29 is 104 Å². The monoisotopic (exact) mass is 1710 g/mol. The lowest BCUT2D eigenvalue weighted by Gasteiger charge is -2.36. The summed E-state index contributed by atoms with van der Waals surface area (Å²) in [5.74, 6) is -5.79. The van der Waals surface area contributed by atoms with E-state index in [9.17, 15) is 9.59 Å². The number of methoxy groups -OCH3 is 4. The van der Waals surface area contributed by atoms with E-state index in [0.717, 1.165) is 20.6 Å². The highest BCUT2D eigenvalue weighted by Gasteiger charge is 2.48. The maximum atomic E-state index is 17.2. The van der Waals surface area contributed by atoms with Crippen LogP contribution in [0.3, 0.4) is 0 Å². The van der Waals surface area contributed by atoms with Crippen molar-refractivity contribution >= 4 is 146 Å². The molecule has 0 saturated carbocycles. The van der Waals surface area contributed by atoms with Gasteiger partial charge in [-0.05, 0) is 108 Å². The predicted molar refractivity (Wildman–Crippen MR) is 469 cm³/mol. The maximum absolute atomic E-state index is 17.2. The Labute approximate surface area is 725 Å². The fourth-order valence-electron chi connectivity index (χ4n) is 17.1. The van der Waals surface area contributed by atoms with E-state index in [4.69, 9.17) is 65.7 Å². The Morgan fingerprint density at radius 3 is 1.01 bits per heavy atom. The highest BCUT2D eigenvalue weighted by molar-refractivity contribution is 6.45. The maximum Gasteiger partial charge on any atom is 0.339 e. The summed E-state index contributed by atoms with van der Waals surface area (Å²) in [5.41, 5.74) is 1.82. The van der Waals surface area contributed by atoms with Crippen molar-refractivity contribution in [2.75, 3.05) is 65.5 Å². The minimum absolute atomic E-state index is 0.00126. The first-order chi connectivity index (χ1) is 62.5. The number of carbonyl (C=O) groups is 8. The molecule has 4 aromatic heterocycles. The third-order valence-corrected chi connectivity index (χ3v) is 23.2. The zero-order valence-corrected chi connectivity index (χ0v) is 68.4. The number of nitrogens with one attached hydrogen (secondary N) is 2. The van der Waals surface area contributed by atoms with Gasteiger partial charge >= 0.3 is 11.9 Å². The number of para-hydroxylation sites is 4. The lowest BCUT2D eigenvalue weighted by Crippen LogP contribution is -2.53. The molecule has 4 atom stereocenters.